The van der Waals surface area contributed by atoms with Gasteiger partial charge in [0.1, 0.15) is 11.6 Å². The molecule has 4 rings (SSSR count). The topological polar surface area (TPSA) is 104 Å². The van der Waals surface area contributed by atoms with E-state index < -0.39 is 48.2 Å². The summed E-state index contributed by atoms with van der Waals surface area (Å²) in [5.41, 5.74) is 0.915. The number of rotatable bonds is 10. The number of halogens is 3. The molecule has 3 N–H and O–H groups in total. The molecule has 0 radical (unpaired) electrons. The standard InChI is InChI=1S/C29H28F3N3O4/c1-18(36)33-24(17-20-11-5-6-12-21(20)29(30,31)32)27(38)34-23(16-15-19-9-3-2-4-10-19)26(37)28-35-22-13-7-8-14-25(22)39-28/h2-14,23-24,26,37H,15-17H2,1H3,(H,33,36)(H,34,38)/t23-,24-,26?/m0/s1. The zero-order valence-electron chi connectivity index (χ0n) is 21.1. The van der Waals surface area contributed by atoms with Gasteiger partial charge in [-0.15, -0.1) is 0 Å². The van der Waals surface area contributed by atoms with Crippen molar-refractivity contribution in [3.8, 4) is 0 Å². The van der Waals surface area contributed by atoms with Crippen LogP contribution in [-0.4, -0.2) is 34.0 Å². The fourth-order valence-electron chi connectivity index (χ4n) is 4.40. The van der Waals surface area contributed by atoms with Gasteiger partial charge in [0.15, 0.2) is 11.7 Å². The molecule has 3 atom stereocenters. The van der Waals surface area contributed by atoms with Gasteiger partial charge in [-0.2, -0.15) is 13.2 Å². The Morgan fingerprint density at radius 2 is 1.62 bits per heavy atom. The van der Waals surface area contributed by atoms with Crippen molar-refractivity contribution < 1.29 is 32.3 Å². The van der Waals surface area contributed by atoms with Gasteiger partial charge < -0.3 is 20.2 Å². The second kappa shape index (κ2) is 12.1. The van der Waals surface area contributed by atoms with E-state index in [2.05, 4.69) is 15.6 Å². The summed E-state index contributed by atoms with van der Waals surface area (Å²) in [5, 5.41) is 16.4. The Bertz CT molecular complexity index is 1390. The number of nitrogens with one attached hydrogen (secondary N) is 2. The number of hydrogen-bond acceptors (Lipinski definition) is 5. The summed E-state index contributed by atoms with van der Waals surface area (Å²) >= 11 is 0. The fraction of sp³-hybridized carbons (Fsp3) is 0.276. The van der Waals surface area contributed by atoms with E-state index in [0.717, 1.165) is 11.6 Å². The van der Waals surface area contributed by atoms with E-state index in [0.29, 0.717) is 17.5 Å². The van der Waals surface area contributed by atoms with Crippen molar-refractivity contribution in [2.45, 2.75) is 50.6 Å². The Morgan fingerprint density at radius 1 is 0.949 bits per heavy atom. The molecule has 4 aromatic rings. The molecular formula is C29H28F3N3O4. The summed E-state index contributed by atoms with van der Waals surface area (Å²) in [4.78, 5) is 29.6. The number of amides is 2. The molecule has 1 aromatic heterocycles. The highest BCUT2D eigenvalue weighted by molar-refractivity contribution is 5.87. The summed E-state index contributed by atoms with van der Waals surface area (Å²) < 4.78 is 46.4. The van der Waals surface area contributed by atoms with E-state index in [4.69, 9.17) is 4.42 Å². The van der Waals surface area contributed by atoms with Crippen LogP contribution >= 0.6 is 0 Å². The lowest BCUT2D eigenvalue weighted by Crippen LogP contribution is -2.51. The number of alkyl halides is 3. The Kier molecular flexibility index (Phi) is 8.65. The number of oxazole rings is 1. The first-order chi connectivity index (χ1) is 18.6. The van der Waals surface area contributed by atoms with E-state index >= 15 is 0 Å². The van der Waals surface area contributed by atoms with Crippen molar-refractivity contribution >= 4 is 22.9 Å². The molecule has 0 fully saturated rings. The minimum Gasteiger partial charge on any atom is -0.438 e. The summed E-state index contributed by atoms with van der Waals surface area (Å²) in [7, 11) is 0. The molecule has 0 aliphatic rings. The Balaban J connectivity index is 1.60. The monoisotopic (exact) mass is 539 g/mol. The number of fused-ring (bicyclic) bond motifs is 1. The second-order valence-electron chi connectivity index (χ2n) is 9.22. The van der Waals surface area contributed by atoms with Crippen LogP contribution in [0.5, 0.6) is 0 Å². The van der Waals surface area contributed by atoms with Crippen LogP contribution in [0.15, 0.2) is 83.3 Å². The van der Waals surface area contributed by atoms with E-state index in [1.165, 1.54) is 25.1 Å². The van der Waals surface area contributed by atoms with E-state index in [9.17, 15) is 27.9 Å². The highest BCUT2D eigenvalue weighted by atomic mass is 19.4. The van der Waals surface area contributed by atoms with Crippen LogP contribution in [-0.2, 0) is 28.6 Å². The number of carbonyl (C=O) groups is 2. The number of aliphatic hydroxyl groups is 1. The van der Waals surface area contributed by atoms with E-state index in [1.807, 2.05) is 30.3 Å². The molecule has 39 heavy (non-hydrogen) atoms. The first-order valence-corrected chi connectivity index (χ1v) is 12.4. The summed E-state index contributed by atoms with van der Waals surface area (Å²) in [6.45, 7) is 1.18. The van der Waals surface area contributed by atoms with Gasteiger partial charge >= 0.3 is 6.18 Å². The molecule has 7 nitrogen and oxygen atoms in total. The predicted molar refractivity (Wildman–Crippen MR) is 138 cm³/mol. The molecule has 0 bridgehead atoms. The average Bonchev–Trinajstić information content (AvgIpc) is 3.34. The SMILES string of the molecule is CC(=O)N[C@@H](Cc1ccccc1C(F)(F)F)C(=O)N[C@@H](CCc1ccccc1)C(O)c1nc2ccccc2o1. The normalized spacial score (nSPS) is 14.0. The summed E-state index contributed by atoms with van der Waals surface area (Å²) in [6, 6.07) is 19.0. The molecule has 3 aromatic carbocycles. The van der Waals surface area contributed by atoms with E-state index in [-0.39, 0.29) is 17.9 Å². The van der Waals surface area contributed by atoms with Crippen LogP contribution in [0.4, 0.5) is 13.2 Å². The highest BCUT2D eigenvalue weighted by Gasteiger charge is 2.35. The largest absolute Gasteiger partial charge is 0.438 e. The first-order valence-electron chi connectivity index (χ1n) is 12.4. The molecule has 2 amide bonds. The highest BCUT2D eigenvalue weighted by Crippen LogP contribution is 2.32. The van der Waals surface area contributed by atoms with Gasteiger partial charge in [-0.3, -0.25) is 9.59 Å². The van der Waals surface area contributed by atoms with Crippen LogP contribution in [0.25, 0.3) is 11.1 Å². The Morgan fingerprint density at radius 3 is 2.31 bits per heavy atom. The zero-order valence-corrected chi connectivity index (χ0v) is 21.1. The van der Waals surface area contributed by atoms with Gasteiger partial charge in [0.25, 0.3) is 0 Å². The maximum Gasteiger partial charge on any atom is 0.416 e. The van der Waals surface area contributed by atoms with Gasteiger partial charge in [0.2, 0.25) is 17.7 Å². The molecule has 1 unspecified atom stereocenters. The van der Waals surface area contributed by atoms with Crippen LogP contribution in [0.1, 0.15) is 42.0 Å². The number of nitrogens with zero attached hydrogens (tertiary/aromatic N) is 1. The predicted octanol–water partition coefficient (Wildman–Crippen LogP) is 4.75. The van der Waals surface area contributed by atoms with Crippen LogP contribution in [0.2, 0.25) is 0 Å². The lowest BCUT2D eigenvalue weighted by Gasteiger charge is -2.26. The smallest absolute Gasteiger partial charge is 0.416 e. The van der Waals surface area contributed by atoms with Crippen molar-refractivity contribution in [2.24, 2.45) is 0 Å². The Labute approximate surface area is 223 Å². The third-order valence-electron chi connectivity index (χ3n) is 6.30. The van der Waals surface area contributed by atoms with Gasteiger partial charge in [0, 0.05) is 13.3 Å². The minimum atomic E-state index is -4.63. The van der Waals surface area contributed by atoms with Crippen LogP contribution in [0, 0.1) is 0 Å². The molecule has 0 saturated carbocycles. The number of carbonyl (C=O) groups excluding carboxylic acids is 2. The quantitative estimate of drug-likeness (QED) is 0.270. The minimum absolute atomic E-state index is 0.00643. The number of aromatic nitrogens is 1. The lowest BCUT2D eigenvalue weighted by atomic mass is 9.97. The first kappa shape index (κ1) is 27.8. The number of benzene rings is 3. The van der Waals surface area contributed by atoms with Crippen molar-refractivity contribution in [3.05, 3.63) is 101 Å². The molecule has 0 aliphatic carbocycles. The second-order valence-corrected chi connectivity index (χ2v) is 9.22. The zero-order chi connectivity index (χ0) is 28.0. The molecule has 10 heteroatoms. The summed E-state index contributed by atoms with van der Waals surface area (Å²) in [6.07, 6.45) is -5.64. The Hall–Kier alpha value is -4.18. The van der Waals surface area contributed by atoms with Crippen molar-refractivity contribution in [1.82, 2.24) is 15.6 Å². The fourth-order valence-corrected chi connectivity index (χ4v) is 4.40. The summed E-state index contributed by atoms with van der Waals surface area (Å²) in [5.74, 6) is -1.33. The van der Waals surface area contributed by atoms with Crippen molar-refractivity contribution in [1.29, 1.82) is 0 Å². The third-order valence-corrected chi connectivity index (χ3v) is 6.30. The third kappa shape index (κ3) is 7.23. The van der Waals surface area contributed by atoms with Crippen molar-refractivity contribution in [2.75, 3.05) is 0 Å². The molecule has 204 valence electrons. The maximum atomic E-state index is 13.6. The molecular weight excluding hydrogens is 511 g/mol. The van der Waals surface area contributed by atoms with Gasteiger partial charge in [-0.1, -0.05) is 60.7 Å². The van der Waals surface area contributed by atoms with Crippen molar-refractivity contribution in [3.63, 3.8) is 0 Å². The molecule has 0 spiro atoms. The number of aliphatic hydroxyl groups excluding tert-OH is 1. The lowest BCUT2D eigenvalue weighted by molar-refractivity contribution is -0.138. The van der Waals surface area contributed by atoms with Gasteiger partial charge in [0.05, 0.1) is 11.6 Å². The number of hydrogen-bond donors (Lipinski definition) is 3. The number of para-hydroxylation sites is 2. The average molecular weight is 540 g/mol. The van der Waals surface area contributed by atoms with E-state index in [1.54, 1.807) is 24.3 Å². The number of aryl methyl sites for hydroxylation is 1. The molecule has 1 heterocycles. The van der Waals surface area contributed by atoms with Gasteiger partial charge in [-0.25, -0.2) is 4.98 Å². The van der Waals surface area contributed by atoms with Gasteiger partial charge in [-0.05, 0) is 42.2 Å². The maximum absolute atomic E-state index is 13.6. The molecule has 0 aliphatic heterocycles. The van der Waals surface area contributed by atoms with Crippen LogP contribution < -0.4 is 10.6 Å². The van der Waals surface area contributed by atoms with Crippen LogP contribution in [0.3, 0.4) is 0 Å². The molecule has 0 saturated heterocycles.